The molecule has 0 unspecified atom stereocenters. The number of allylic oxidation sites excluding steroid dienone is 1. The molecule has 0 fully saturated rings. The molecule has 1 aliphatic heterocycles. The molecule has 3 rings (SSSR count). The van der Waals surface area contributed by atoms with Gasteiger partial charge in [-0.1, -0.05) is 34.1 Å². The molecule has 0 amide bonds. The maximum Gasteiger partial charge on any atom is 0.337 e. The number of Topliss-reactive ketones (excluding diaryl/α,β-unsaturated/α-hetero) is 1. The fraction of sp³-hybridized carbons (Fsp3) is 0.0588. The summed E-state index contributed by atoms with van der Waals surface area (Å²) in [6, 6.07) is 12.2. The van der Waals surface area contributed by atoms with Crippen molar-refractivity contribution in [3.8, 4) is 5.75 Å². The summed E-state index contributed by atoms with van der Waals surface area (Å²) >= 11 is 3.43. The van der Waals surface area contributed by atoms with Crippen LogP contribution in [-0.4, -0.2) is 18.9 Å². The molecule has 0 N–H and O–H groups in total. The van der Waals surface area contributed by atoms with Crippen LogP contribution in [0.15, 0.2) is 52.7 Å². The molecule has 0 aliphatic carbocycles. The highest BCUT2D eigenvalue weighted by Crippen LogP contribution is 2.33. The molecule has 0 bridgehead atoms. The van der Waals surface area contributed by atoms with Crippen molar-refractivity contribution in [1.29, 1.82) is 0 Å². The number of rotatable bonds is 2. The Hall–Kier alpha value is -2.40. The molecule has 2 aromatic carbocycles. The Morgan fingerprint density at radius 3 is 2.73 bits per heavy atom. The van der Waals surface area contributed by atoms with Gasteiger partial charge in [-0.3, -0.25) is 4.79 Å². The quantitative estimate of drug-likeness (QED) is 0.604. The van der Waals surface area contributed by atoms with Crippen LogP contribution < -0.4 is 4.74 Å². The second-order valence-corrected chi connectivity index (χ2v) is 5.52. The number of halogens is 1. The number of carbonyl (C=O) groups excluding carboxylic acids is 2. The zero-order valence-electron chi connectivity index (χ0n) is 11.6. The van der Waals surface area contributed by atoms with E-state index < -0.39 is 5.97 Å². The van der Waals surface area contributed by atoms with Gasteiger partial charge in [0.15, 0.2) is 5.76 Å². The number of fused-ring (bicyclic) bond motifs is 1. The van der Waals surface area contributed by atoms with Crippen molar-refractivity contribution < 1.29 is 19.1 Å². The lowest BCUT2D eigenvalue weighted by molar-refractivity contribution is 0.0600. The SMILES string of the molecule is COC(=O)c1ccc2c(c1)C(=O)/C(=C/c1ccccc1Br)O2. The molecular weight excluding hydrogens is 348 g/mol. The van der Waals surface area contributed by atoms with Crippen molar-refractivity contribution >= 4 is 33.8 Å². The Bertz CT molecular complexity index is 808. The number of ether oxygens (including phenoxy) is 2. The first kappa shape index (κ1) is 14.5. The monoisotopic (exact) mass is 358 g/mol. The average molecular weight is 359 g/mol. The summed E-state index contributed by atoms with van der Waals surface area (Å²) in [7, 11) is 1.30. The maximum absolute atomic E-state index is 12.4. The van der Waals surface area contributed by atoms with Gasteiger partial charge in [0.25, 0.3) is 0 Å². The molecule has 0 saturated carbocycles. The summed E-state index contributed by atoms with van der Waals surface area (Å²) in [6.07, 6.45) is 1.67. The molecule has 2 aromatic rings. The molecule has 0 spiro atoms. The highest BCUT2D eigenvalue weighted by Gasteiger charge is 2.28. The third kappa shape index (κ3) is 2.55. The Morgan fingerprint density at radius 1 is 1.23 bits per heavy atom. The predicted molar refractivity (Wildman–Crippen MR) is 84.9 cm³/mol. The maximum atomic E-state index is 12.4. The summed E-state index contributed by atoms with van der Waals surface area (Å²) in [5.41, 5.74) is 1.52. The number of esters is 1. The van der Waals surface area contributed by atoms with E-state index in [0.717, 1.165) is 10.0 Å². The molecule has 0 radical (unpaired) electrons. The smallest absolute Gasteiger partial charge is 0.337 e. The van der Waals surface area contributed by atoms with E-state index in [4.69, 9.17) is 4.74 Å². The number of carbonyl (C=O) groups is 2. The number of benzene rings is 2. The van der Waals surface area contributed by atoms with E-state index in [1.807, 2.05) is 24.3 Å². The Balaban J connectivity index is 1.98. The van der Waals surface area contributed by atoms with Gasteiger partial charge in [-0.25, -0.2) is 4.79 Å². The molecule has 1 aliphatic rings. The van der Waals surface area contributed by atoms with Crippen molar-refractivity contribution in [2.75, 3.05) is 7.11 Å². The lowest BCUT2D eigenvalue weighted by atomic mass is 10.1. The number of hydrogen-bond donors (Lipinski definition) is 0. The minimum Gasteiger partial charge on any atom is -0.465 e. The van der Waals surface area contributed by atoms with Crippen LogP contribution in [0.25, 0.3) is 6.08 Å². The minimum atomic E-state index is -0.487. The molecule has 110 valence electrons. The van der Waals surface area contributed by atoms with E-state index in [0.29, 0.717) is 16.9 Å². The molecular formula is C17H11BrO4. The van der Waals surface area contributed by atoms with Crippen molar-refractivity contribution in [3.05, 3.63) is 69.4 Å². The van der Waals surface area contributed by atoms with E-state index in [9.17, 15) is 9.59 Å². The van der Waals surface area contributed by atoms with E-state index >= 15 is 0 Å². The van der Waals surface area contributed by atoms with Gasteiger partial charge in [0.05, 0.1) is 18.2 Å². The van der Waals surface area contributed by atoms with Crippen LogP contribution in [0, 0.1) is 0 Å². The van der Waals surface area contributed by atoms with Crippen LogP contribution in [0.2, 0.25) is 0 Å². The van der Waals surface area contributed by atoms with Gasteiger partial charge in [0.2, 0.25) is 5.78 Å². The molecule has 0 atom stereocenters. The minimum absolute atomic E-state index is 0.226. The van der Waals surface area contributed by atoms with Crippen LogP contribution >= 0.6 is 15.9 Å². The van der Waals surface area contributed by atoms with E-state index in [-0.39, 0.29) is 11.5 Å². The van der Waals surface area contributed by atoms with Crippen molar-refractivity contribution in [2.24, 2.45) is 0 Å². The first-order valence-corrected chi connectivity index (χ1v) is 7.30. The van der Waals surface area contributed by atoms with Gasteiger partial charge in [-0.05, 0) is 35.9 Å². The average Bonchev–Trinajstić information content (AvgIpc) is 2.84. The second kappa shape index (κ2) is 5.77. The van der Waals surface area contributed by atoms with Crippen LogP contribution in [0.4, 0.5) is 0 Å². The third-order valence-corrected chi connectivity index (χ3v) is 4.00. The summed E-state index contributed by atoms with van der Waals surface area (Å²) in [6.45, 7) is 0. The largest absolute Gasteiger partial charge is 0.465 e. The van der Waals surface area contributed by atoms with Crippen molar-refractivity contribution in [2.45, 2.75) is 0 Å². The molecule has 0 saturated heterocycles. The molecule has 22 heavy (non-hydrogen) atoms. The fourth-order valence-electron chi connectivity index (χ4n) is 2.17. The van der Waals surface area contributed by atoms with E-state index in [1.165, 1.54) is 13.2 Å². The van der Waals surface area contributed by atoms with Gasteiger partial charge in [0.1, 0.15) is 5.75 Å². The van der Waals surface area contributed by atoms with Gasteiger partial charge < -0.3 is 9.47 Å². The lowest BCUT2D eigenvalue weighted by Gasteiger charge is -2.01. The zero-order chi connectivity index (χ0) is 15.7. The Labute approximate surface area is 135 Å². The number of methoxy groups -OCH3 is 1. The lowest BCUT2D eigenvalue weighted by Crippen LogP contribution is -2.03. The highest BCUT2D eigenvalue weighted by atomic mass is 79.9. The number of ketones is 1. The predicted octanol–water partition coefficient (Wildman–Crippen LogP) is 3.85. The molecule has 5 heteroatoms. The molecule has 0 aromatic heterocycles. The zero-order valence-corrected chi connectivity index (χ0v) is 13.2. The summed E-state index contributed by atoms with van der Waals surface area (Å²) in [5, 5.41) is 0. The third-order valence-electron chi connectivity index (χ3n) is 3.28. The Kier molecular flexibility index (Phi) is 3.81. The van der Waals surface area contributed by atoms with E-state index in [2.05, 4.69) is 20.7 Å². The first-order chi connectivity index (χ1) is 10.6. The van der Waals surface area contributed by atoms with E-state index in [1.54, 1.807) is 18.2 Å². The van der Waals surface area contributed by atoms with Crippen LogP contribution in [0.1, 0.15) is 26.3 Å². The number of hydrogen-bond acceptors (Lipinski definition) is 4. The van der Waals surface area contributed by atoms with Crippen molar-refractivity contribution in [1.82, 2.24) is 0 Å². The molecule has 1 heterocycles. The van der Waals surface area contributed by atoms with Gasteiger partial charge >= 0.3 is 5.97 Å². The van der Waals surface area contributed by atoms with Gasteiger partial charge in [-0.15, -0.1) is 0 Å². The highest BCUT2D eigenvalue weighted by molar-refractivity contribution is 9.10. The summed E-state index contributed by atoms with van der Waals surface area (Å²) in [4.78, 5) is 24.0. The van der Waals surface area contributed by atoms with Crippen LogP contribution in [0.5, 0.6) is 5.75 Å². The standard InChI is InChI=1S/C17H11BrO4/c1-21-17(20)11-6-7-14-12(8-11)16(19)15(22-14)9-10-4-2-3-5-13(10)18/h2-9H,1H3/b15-9-. The first-order valence-electron chi connectivity index (χ1n) is 6.51. The van der Waals surface area contributed by atoms with Crippen LogP contribution in [0.3, 0.4) is 0 Å². The van der Waals surface area contributed by atoms with Gasteiger partial charge in [-0.2, -0.15) is 0 Å². The van der Waals surface area contributed by atoms with Gasteiger partial charge in [0, 0.05) is 4.47 Å². The second-order valence-electron chi connectivity index (χ2n) is 4.66. The van der Waals surface area contributed by atoms with Crippen molar-refractivity contribution in [3.63, 3.8) is 0 Å². The summed E-state index contributed by atoms with van der Waals surface area (Å²) < 4.78 is 11.1. The topological polar surface area (TPSA) is 52.6 Å². The summed E-state index contributed by atoms with van der Waals surface area (Å²) in [5.74, 6) is -0.0739. The Morgan fingerprint density at radius 2 is 2.00 bits per heavy atom. The molecule has 4 nitrogen and oxygen atoms in total. The fourth-order valence-corrected chi connectivity index (χ4v) is 2.57. The van der Waals surface area contributed by atoms with Crippen LogP contribution in [-0.2, 0) is 4.74 Å². The normalized spacial score (nSPS) is 14.6.